The highest BCUT2D eigenvalue weighted by molar-refractivity contribution is 5.86. The standard InChI is InChI=1S/C13H17N3/c1-10-3-4-12-8-13(16(2)9-15-14)6-5-11(12)7-10/h3-8,15H,9,14H2,1-2H3. The summed E-state index contributed by atoms with van der Waals surface area (Å²) in [6, 6.07) is 12.9. The van der Waals surface area contributed by atoms with Crippen molar-refractivity contribution >= 4 is 16.5 Å². The lowest BCUT2D eigenvalue weighted by Crippen LogP contribution is -2.35. The number of fused-ring (bicyclic) bond motifs is 1. The molecule has 0 aliphatic carbocycles. The van der Waals surface area contributed by atoms with Crippen molar-refractivity contribution in [3.63, 3.8) is 0 Å². The second-order valence-electron chi connectivity index (χ2n) is 4.10. The number of anilines is 1. The van der Waals surface area contributed by atoms with Crippen molar-refractivity contribution in [3.05, 3.63) is 42.0 Å². The molecule has 0 heterocycles. The third-order valence-electron chi connectivity index (χ3n) is 2.75. The second-order valence-corrected chi connectivity index (χ2v) is 4.10. The molecule has 0 bridgehead atoms. The number of hydrogen-bond donors (Lipinski definition) is 2. The Morgan fingerprint density at radius 2 is 1.81 bits per heavy atom. The molecule has 0 radical (unpaired) electrons. The van der Waals surface area contributed by atoms with Gasteiger partial charge in [0.1, 0.15) is 0 Å². The molecule has 0 aromatic heterocycles. The Kier molecular flexibility index (Phi) is 3.08. The normalized spacial score (nSPS) is 10.7. The molecule has 16 heavy (non-hydrogen) atoms. The number of hydrogen-bond acceptors (Lipinski definition) is 3. The van der Waals surface area contributed by atoms with Gasteiger partial charge in [0.25, 0.3) is 0 Å². The zero-order chi connectivity index (χ0) is 11.5. The molecule has 0 aliphatic rings. The summed E-state index contributed by atoms with van der Waals surface area (Å²) in [6.07, 6.45) is 0. The molecule has 0 fully saturated rings. The molecule has 2 aromatic carbocycles. The Balaban J connectivity index is 2.40. The summed E-state index contributed by atoms with van der Waals surface area (Å²) in [5, 5.41) is 2.53. The van der Waals surface area contributed by atoms with Crippen molar-refractivity contribution in [2.24, 2.45) is 5.84 Å². The summed E-state index contributed by atoms with van der Waals surface area (Å²) in [5.41, 5.74) is 5.10. The van der Waals surface area contributed by atoms with E-state index in [0.717, 1.165) is 5.69 Å². The van der Waals surface area contributed by atoms with Gasteiger partial charge >= 0.3 is 0 Å². The van der Waals surface area contributed by atoms with Crippen molar-refractivity contribution < 1.29 is 0 Å². The van der Waals surface area contributed by atoms with Crippen LogP contribution >= 0.6 is 0 Å². The number of aryl methyl sites for hydroxylation is 1. The average molecular weight is 215 g/mol. The molecule has 84 valence electrons. The van der Waals surface area contributed by atoms with Gasteiger partial charge < -0.3 is 4.90 Å². The van der Waals surface area contributed by atoms with Crippen molar-refractivity contribution in [1.29, 1.82) is 0 Å². The zero-order valence-corrected chi connectivity index (χ0v) is 9.70. The maximum absolute atomic E-state index is 5.31. The molecule has 2 aromatic rings. The zero-order valence-electron chi connectivity index (χ0n) is 9.70. The second kappa shape index (κ2) is 4.51. The van der Waals surface area contributed by atoms with Crippen LogP contribution in [0.3, 0.4) is 0 Å². The van der Waals surface area contributed by atoms with Gasteiger partial charge in [-0.3, -0.25) is 5.84 Å². The minimum atomic E-state index is 0.636. The molecule has 3 nitrogen and oxygen atoms in total. The maximum Gasteiger partial charge on any atom is 0.0805 e. The molecule has 3 heteroatoms. The third kappa shape index (κ3) is 2.15. The topological polar surface area (TPSA) is 41.3 Å². The number of nitrogens with zero attached hydrogens (tertiary/aromatic N) is 1. The molecule has 0 unspecified atom stereocenters. The Morgan fingerprint density at radius 3 is 2.56 bits per heavy atom. The van der Waals surface area contributed by atoms with E-state index in [0.29, 0.717) is 6.67 Å². The van der Waals surface area contributed by atoms with Gasteiger partial charge in [0, 0.05) is 12.7 Å². The van der Waals surface area contributed by atoms with Crippen molar-refractivity contribution in [2.75, 3.05) is 18.6 Å². The van der Waals surface area contributed by atoms with Gasteiger partial charge in [-0.05, 0) is 29.8 Å². The summed E-state index contributed by atoms with van der Waals surface area (Å²) in [5.74, 6) is 5.31. The predicted octanol–water partition coefficient (Wildman–Crippen LogP) is 2.01. The van der Waals surface area contributed by atoms with E-state index in [-0.39, 0.29) is 0 Å². The number of hydrazine groups is 1. The summed E-state index contributed by atoms with van der Waals surface area (Å²) in [6.45, 7) is 2.75. The van der Waals surface area contributed by atoms with Gasteiger partial charge in [-0.1, -0.05) is 29.8 Å². The SMILES string of the molecule is Cc1ccc2cc(N(C)CNN)ccc2c1. The Labute approximate surface area is 95.8 Å². The number of nitrogens with one attached hydrogen (secondary N) is 1. The fraction of sp³-hybridized carbons (Fsp3) is 0.231. The summed E-state index contributed by atoms with van der Waals surface area (Å²) in [4.78, 5) is 2.07. The van der Waals surface area contributed by atoms with Crippen LogP contribution in [0.4, 0.5) is 5.69 Å². The van der Waals surface area contributed by atoms with Gasteiger partial charge in [0.2, 0.25) is 0 Å². The van der Waals surface area contributed by atoms with Crippen LogP contribution in [0.2, 0.25) is 0 Å². The number of nitrogens with two attached hydrogens (primary N) is 1. The number of benzene rings is 2. The van der Waals surface area contributed by atoms with E-state index in [1.165, 1.54) is 16.3 Å². The van der Waals surface area contributed by atoms with Crippen molar-refractivity contribution in [3.8, 4) is 0 Å². The third-order valence-corrected chi connectivity index (χ3v) is 2.75. The lowest BCUT2D eigenvalue weighted by molar-refractivity contribution is 0.718. The lowest BCUT2D eigenvalue weighted by Gasteiger charge is -2.18. The van der Waals surface area contributed by atoms with E-state index in [1.807, 2.05) is 7.05 Å². The van der Waals surface area contributed by atoms with Crippen molar-refractivity contribution in [1.82, 2.24) is 5.43 Å². The monoisotopic (exact) mass is 215 g/mol. The first kappa shape index (κ1) is 10.9. The molecule has 0 saturated heterocycles. The fourth-order valence-corrected chi connectivity index (χ4v) is 1.82. The minimum absolute atomic E-state index is 0.636. The highest BCUT2D eigenvalue weighted by Crippen LogP contribution is 2.22. The molecule has 0 amide bonds. The predicted molar refractivity (Wildman–Crippen MR) is 69.3 cm³/mol. The van der Waals surface area contributed by atoms with E-state index in [1.54, 1.807) is 0 Å². The van der Waals surface area contributed by atoms with E-state index in [9.17, 15) is 0 Å². The Bertz CT molecular complexity index is 494. The quantitative estimate of drug-likeness (QED) is 0.467. The van der Waals surface area contributed by atoms with Crippen molar-refractivity contribution in [2.45, 2.75) is 6.92 Å². The van der Waals surface area contributed by atoms with E-state index >= 15 is 0 Å². The van der Waals surface area contributed by atoms with Crippen LogP contribution < -0.4 is 16.2 Å². The molecule has 2 rings (SSSR count). The lowest BCUT2D eigenvalue weighted by atomic mass is 10.1. The van der Waals surface area contributed by atoms with Crippen LogP contribution in [0.1, 0.15) is 5.56 Å². The van der Waals surface area contributed by atoms with Gasteiger partial charge in [-0.25, -0.2) is 5.43 Å². The summed E-state index contributed by atoms with van der Waals surface area (Å²) in [7, 11) is 2.01. The van der Waals surface area contributed by atoms with E-state index < -0.39 is 0 Å². The van der Waals surface area contributed by atoms with Gasteiger partial charge in [0.05, 0.1) is 6.67 Å². The van der Waals surface area contributed by atoms with E-state index in [4.69, 9.17) is 5.84 Å². The van der Waals surface area contributed by atoms with Gasteiger partial charge in [-0.15, -0.1) is 0 Å². The summed E-state index contributed by atoms with van der Waals surface area (Å²) < 4.78 is 0. The summed E-state index contributed by atoms with van der Waals surface area (Å²) >= 11 is 0. The molecular weight excluding hydrogens is 198 g/mol. The fourth-order valence-electron chi connectivity index (χ4n) is 1.82. The first-order valence-electron chi connectivity index (χ1n) is 5.36. The van der Waals surface area contributed by atoms with Crippen LogP contribution in [-0.4, -0.2) is 13.7 Å². The first-order valence-corrected chi connectivity index (χ1v) is 5.36. The Morgan fingerprint density at radius 1 is 1.12 bits per heavy atom. The molecule has 0 saturated carbocycles. The highest BCUT2D eigenvalue weighted by Gasteiger charge is 2.01. The molecule has 0 aliphatic heterocycles. The number of rotatable bonds is 3. The molecule has 0 spiro atoms. The van der Waals surface area contributed by atoms with Crippen LogP contribution in [0.5, 0.6) is 0 Å². The average Bonchev–Trinajstić information content (AvgIpc) is 2.28. The van der Waals surface area contributed by atoms with Crippen LogP contribution in [0.15, 0.2) is 36.4 Å². The highest BCUT2D eigenvalue weighted by atomic mass is 15.3. The van der Waals surface area contributed by atoms with Crippen LogP contribution in [-0.2, 0) is 0 Å². The first-order chi connectivity index (χ1) is 7.70. The smallest absolute Gasteiger partial charge is 0.0805 e. The van der Waals surface area contributed by atoms with Gasteiger partial charge in [0.15, 0.2) is 0 Å². The maximum atomic E-state index is 5.31. The van der Waals surface area contributed by atoms with Crippen LogP contribution in [0.25, 0.3) is 10.8 Å². The minimum Gasteiger partial charge on any atom is -0.361 e. The molecular formula is C13H17N3. The van der Waals surface area contributed by atoms with E-state index in [2.05, 4.69) is 53.6 Å². The molecule has 0 atom stereocenters. The van der Waals surface area contributed by atoms with Crippen LogP contribution in [0, 0.1) is 6.92 Å². The Hall–Kier alpha value is -1.58. The van der Waals surface area contributed by atoms with Gasteiger partial charge in [-0.2, -0.15) is 0 Å². The largest absolute Gasteiger partial charge is 0.361 e. The molecule has 3 N–H and O–H groups in total.